The Morgan fingerprint density at radius 1 is 0.774 bits per heavy atom. The van der Waals surface area contributed by atoms with E-state index in [0.29, 0.717) is 43.1 Å². The normalized spacial score (nSPS) is 20.8. The quantitative estimate of drug-likeness (QED) is 0.0178. The highest BCUT2D eigenvalue weighted by atomic mass is 31.2. The van der Waals surface area contributed by atoms with Crippen molar-refractivity contribution in [1.82, 2.24) is 0 Å². The van der Waals surface area contributed by atoms with Crippen LogP contribution in [0.3, 0.4) is 0 Å². The van der Waals surface area contributed by atoms with E-state index in [9.17, 15) is 34.4 Å². The third kappa shape index (κ3) is 33.1. The largest absolute Gasteiger partial charge is 0.756 e. The lowest BCUT2D eigenvalue weighted by Crippen LogP contribution is -2.43. The average molecular weight is 898 g/mol. The second-order valence-corrected chi connectivity index (χ2v) is 18.7. The molecule has 0 bridgehead atoms. The Balaban J connectivity index is 2.54. The van der Waals surface area contributed by atoms with Crippen LogP contribution in [-0.4, -0.2) is 110 Å². The van der Waals surface area contributed by atoms with Crippen molar-refractivity contribution in [2.24, 2.45) is 5.92 Å². The van der Waals surface area contributed by atoms with Crippen molar-refractivity contribution in [3.05, 3.63) is 60.8 Å². The summed E-state index contributed by atoms with van der Waals surface area (Å²) in [6.45, 7) is 3.73. The van der Waals surface area contributed by atoms with Gasteiger partial charge in [0.25, 0.3) is 7.82 Å². The van der Waals surface area contributed by atoms with Crippen molar-refractivity contribution in [3.63, 3.8) is 0 Å². The fourth-order valence-corrected chi connectivity index (χ4v) is 7.25. The number of quaternary nitrogens is 1. The molecule has 13 nitrogen and oxygen atoms in total. The van der Waals surface area contributed by atoms with Gasteiger partial charge in [0.15, 0.2) is 12.4 Å². The van der Waals surface area contributed by atoms with Crippen molar-refractivity contribution in [3.8, 4) is 0 Å². The number of carbonyl (C=O) groups excluding carboxylic acids is 2. The first-order valence-electron chi connectivity index (χ1n) is 23.4. The van der Waals surface area contributed by atoms with Crippen LogP contribution in [0.25, 0.3) is 0 Å². The Bertz CT molecular complexity index is 1360. The molecule has 0 aromatic rings. The van der Waals surface area contributed by atoms with Crippen LogP contribution in [0.2, 0.25) is 0 Å². The van der Waals surface area contributed by atoms with Gasteiger partial charge in [0, 0.05) is 25.2 Å². The number of aliphatic hydroxyl groups excluding tert-OH is 3. The van der Waals surface area contributed by atoms with Crippen molar-refractivity contribution >= 4 is 19.8 Å². The predicted molar refractivity (Wildman–Crippen MR) is 244 cm³/mol. The van der Waals surface area contributed by atoms with Gasteiger partial charge in [-0.1, -0.05) is 120 Å². The molecule has 14 heteroatoms. The Kier molecular flexibility index (Phi) is 33.3. The zero-order valence-corrected chi connectivity index (χ0v) is 39.7. The van der Waals surface area contributed by atoms with Crippen LogP contribution in [0.15, 0.2) is 60.8 Å². The van der Waals surface area contributed by atoms with Gasteiger partial charge in [-0.15, -0.1) is 0 Å². The van der Waals surface area contributed by atoms with Crippen LogP contribution < -0.4 is 4.89 Å². The Morgan fingerprint density at radius 2 is 1.37 bits per heavy atom. The number of phosphoric acid groups is 1. The SMILES string of the molecule is CCCCC/C=C\C/C=C\C/C=C\CCCCCCC(=O)OC[C@H](COP(=O)([O-])OCC[N+](C)(C)C)OC(=O)CCC/C=C\C[C@H]1[C@@H](O)CC(O)O[C@@H]1/C=C/[C@@H](O)CCCCC. The molecule has 2 unspecified atom stereocenters. The average Bonchev–Trinajstić information content (AvgIpc) is 3.20. The van der Waals surface area contributed by atoms with Crippen molar-refractivity contribution in [2.75, 3.05) is 47.5 Å². The van der Waals surface area contributed by atoms with Gasteiger partial charge in [-0.2, -0.15) is 0 Å². The maximum atomic E-state index is 12.8. The van der Waals surface area contributed by atoms with Crippen LogP contribution in [0.5, 0.6) is 0 Å². The summed E-state index contributed by atoms with van der Waals surface area (Å²) in [5.41, 5.74) is 0. The molecule has 0 aromatic heterocycles. The summed E-state index contributed by atoms with van der Waals surface area (Å²) in [4.78, 5) is 37.8. The van der Waals surface area contributed by atoms with E-state index in [2.05, 4.69) is 50.3 Å². The second kappa shape index (κ2) is 35.8. The minimum Gasteiger partial charge on any atom is -0.756 e. The molecule has 0 aromatic carbocycles. The molecule has 0 saturated carbocycles. The summed E-state index contributed by atoms with van der Waals surface area (Å²) in [5.74, 6) is -1.39. The van der Waals surface area contributed by atoms with Crippen molar-refractivity contribution in [2.45, 2.75) is 179 Å². The zero-order valence-electron chi connectivity index (χ0n) is 38.8. The summed E-state index contributed by atoms with van der Waals surface area (Å²) in [6, 6.07) is 0. The molecular weight excluding hydrogens is 813 g/mol. The maximum Gasteiger partial charge on any atom is 0.306 e. The number of ether oxygens (including phenoxy) is 3. The van der Waals surface area contributed by atoms with Crippen LogP contribution in [0, 0.1) is 5.92 Å². The van der Waals surface area contributed by atoms with Crippen LogP contribution in [0.1, 0.15) is 149 Å². The van der Waals surface area contributed by atoms with Gasteiger partial charge in [0.1, 0.15) is 19.8 Å². The van der Waals surface area contributed by atoms with E-state index in [0.717, 1.165) is 64.2 Å². The fraction of sp³-hybridized carbons (Fsp3) is 0.750. The molecule has 0 spiro atoms. The van der Waals surface area contributed by atoms with E-state index < -0.39 is 57.1 Å². The van der Waals surface area contributed by atoms with E-state index in [-0.39, 0.29) is 38.4 Å². The third-order valence-corrected chi connectivity index (χ3v) is 11.3. The summed E-state index contributed by atoms with van der Waals surface area (Å²) in [6.07, 6.45) is 32.9. The van der Waals surface area contributed by atoms with E-state index in [1.165, 1.54) is 19.3 Å². The van der Waals surface area contributed by atoms with Crippen molar-refractivity contribution in [1.29, 1.82) is 0 Å². The topological polar surface area (TPSA) is 181 Å². The summed E-state index contributed by atoms with van der Waals surface area (Å²) < 4.78 is 39.5. The number of phosphoric ester groups is 1. The number of nitrogens with zero attached hydrogens (tertiary/aromatic N) is 1. The predicted octanol–water partition coefficient (Wildman–Crippen LogP) is 8.72. The number of carbonyl (C=O) groups is 2. The van der Waals surface area contributed by atoms with Gasteiger partial charge < -0.3 is 48.0 Å². The molecular formula is C48H84NO12P. The van der Waals surface area contributed by atoms with Crippen LogP contribution in [0.4, 0.5) is 0 Å². The molecule has 0 aliphatic carbocycles. The first kappa shape index (κ1) is 57.6. The lowest BCUT2D eigenvalue weighted by atomic mass is 9.87. The zero-order chi connectivity index (χ0) is 45.9. The third-order valence-electron chi connectivity index (χ3n) is 10.3. The van der Waals surface area contributed by atoms with E-state index in [1.54, 1.807) is 12.2 Å². The molecule has 1 fully saturated rings. The van der Waals surface area contributed by atoms with Crippen LogP contribution in [-0.2, 0) is 37.4 Å². The summed E-state index contributed by atoms with van der Waals surface area (Å²) in [7, 11) is 0.975. The number of allylic oxidation sites excluding steroid dienone is 8. The van der Waals surface area contributed by atoms with E-state index >= 15 is 0 Å². The number of esters is 2. The molecule has 1 heterocycles. The van der Waals surface area contributed by atoms with E-state index in [4.69, 9.17) is 23.3 Å². The lowest BCUT2D eigenvalue weighted by Gasteiger charge is -2.36. The van der Waals surface area contributed by atoms with Gasteiger partial charge >= 0.3 is 11.9 Å². The number of hydrogen-bond donors (Lipinski definition) is 3. The molecule has 358 valence electrons. The molecule has 1 aliphatic heterocycles. The smallest absolute Gasteiger partial charge is 0.306 e. The minimum absolute atomic E-state index is 0.0230. The maximum absolute atomic E-state index is 12.8. The molecule has 1 saturated heterocycles. The lowest BCUT2D eigenvalue weighted by molar-refractivity contribution is -0.870. The summed E-state index contributed by atoms with van der Waals surface area (Å²) >= 11 is 0. The first-order chi connectivity index (χ1) is 29.7. The van der Waals surface area contributed by atoms with Gasteiger partial charge in [-0.3, -0.25) is 14.2 Å². The molecule has 0 amide bonds. The number of aliphatic hydroxyl groups is 3. The molecule has 62 heavy (non-hydrogen) atoms. The molecule has 1 aliphatic rings. The van der Waals surface area contributed by atoms with Crippen LogP contribution >= 0.6 is 7.82 Å². The van der Waals surface area contributed by atoms with Gasteiger partial charge in [0.2, 0.25) is 0 Å². The first-order valence-corrected chi connectivity index (χ1v) is 24.8. The number of unbranched alkanes of at least 4 members (excludes halogenated alkanes) is 10. The fourth-order valence-electron chi connectivity index (χ4n) is 6.52. The van der Waals surface area contributed by atoms with Gasteiger partial charge in [-0.25, -0.2) is 0 Å². The standard InChI is InChI=1S/C48H84NO12P/c1-6-8-10-11-12-13-14-15-16-17-18-19-20-21-22-23-28-32-46(52)57-39-42(40-59-62(55,56)58-37-36-49(3,4)5)60-47(53)33-29-25-24-27-31-43-44(51)38-48(54)61-45(43)35-34-41(50)30-26-9-7-2/h12-13,15-16,18-19,24,27,34-35,41-45,48,50-51,54H,6-11,14,17,20-23,25-26,28-33,36-40H2,1-5H3/b13-12-,16-15-,19-18-,27-24-,35-34+/t41-,42+,43-,44-,45+,48?/m0/s1. The number of likely N-dealkylation sites (N-methyl/N-ethyl adjacent to an activating group) is 1. The minimum atomic E-state index is -4.71. The Morgan fingerprint density at radius 3 is 2.05 bits per heavy atom. The van der Waals surface area contributed by atoms with E-state index in [1.807, 2.05) is 33.3 Å². The Labute approximate surface area is 374 Å². The number of rotatable bonds is 37. The molecule has 0 radical (unpaired) electrons. The number of hydrogen-bond acceptors (Lipinski definition) is 12. The molecule has 7 atom stereocenters. The van der Waals surface area contributed by atoms with Gasteiger partial charge in [-0.05, 0) is 70.6 Å². The van der Waals surface area contributed by atoms with Gasteiger partial charge in [0.05, 0.1) is 46.1 Å². The molecule has 3 N–H and O–H groups in total. The highest BCUT2D eigenvalue weighted by Crippen LogP contribution is 2.38. The molecule has 1 rings (SSSR count). The highest BCUT2D eigenvalue weighted by Gasteiger charge is 2.35. The van der Waals surface area contributed by atoms with Crippen molar-refractivity contribution < 1.29 is 62.1 Å². The summed E-state index contributed by atoms with van der Waals surface area (Å²) in [5, 5.41) is 31.0. The second-order valence-electron chi connectivity index (χ2n) is 17.3. The highest BCUT2D eigenvalue weighted by molar-refractivity contribution is 7.45. The Hall–Kier alpha value is -2.45. The monoisotopic (exact) mass is 898 g/mol.